The lowest BCUT2D eigenvalue weighted by atomic mass is 10.1. The van der Waals surface area contributed by atoms with Crippen LogP contribution in [-0.2, 0) is 9.84 Å². The van der Waals surface area contributed by atoms with E-state index in [2.05, 4.69) is 0 Å². The number of ketones is 1. The van der Waals surface area contributed by atoms with Crippen molar-refractivity contribution in [2.45, 2.75) is 0 Å². The van der Waals surface area contributed by atoms with Gasteiger partial charge in [-0.15, -0.1) is 0 Å². The van der Waals surface area contributed by atoms with Gasteiger partial charge in [0, 0.05) is 12.0 Å². The zero-order valence-electron chi connectivity index (χ0n) is 9.65. The number of halogens is 2. The van der Waals surface area contributed by atoms with E-state index < -0.39 is 27.3 Å². The van der Waals surface area contributed by atoms with Crippen LogP contribution in [0.5, 0.6) is 0 Å². The van der Waals surface area contributed by atoms with E-state index in [1.165, 1.54) is 0 Å². The minimum atomic E-state index is -3.07. The number of hydrogen-bond acceptors (Lipinski definition) is 4. The molecule has 18 heavy (non-hydrogen) atoms. The SMILES string of the molecule is CS(=O)(=O)CCSCC(=O)c1cc(F)ccc1F. The Kier molecular flexibility index (Phi) is 5.28. The molecule has 0 aliphatic carbocycles. The highest BCUT2D eigenvalue weighted by molar-refractivity contribution is 8.01. The fourth-order valence-electron chi connectivity index (χ4n) is 1.16. The van der Waals surface area contributed by atoms with Crippen LogP contribution in [0.15, 0.2) is 18.2 Å². The summed E-state index contributed by atoms with van der Waals surface area (Å²) in [5.74, 6) is -1.87. The topological polar surface area (TPSA) is 51.2 Å². The molecular formula is C11H12F2O3S2. The zero-order valence-corrected chi connectivity index (χ0v) is 11.3. The fourth-order valence-corrected chi connectivity index (χ4v) is 3.33. The van der Waals surface area contributed by atoms with Gasteiger partial charge in [0.1, 0.15) is 21.5 Å². The second kappa shape index (κ2) is 6.29. The van der Waals surface area contributed by atoms with Crippen molar-refractivity contribution in [3.05, 3.63) is 35.4 Å². The molecule has 0 bridgehead atoms. The average molecular weight is 294 g/mol. The Morgan fingerprint density at radius 3 is 2.61 bits per heavy atom. The summed E-state index contributed by atoms with van der Waals surface area (Å²) < 4.78 is 47.7. The van der Waals surface area contributed by atoms with Crippen molar-refractivity contribution in [1.82, 2.24) is 0 Å². The number of hydrogen-bond donors (Lipinski definition) is 0. The van der Waals surface area contributed by atoms with E-state index in [1.54, 1.807) is 0 Å². The molecule has 0 aliphatic heterocycles. The van der Waals surface area contributed by atoms with E-state index in [0.717, 1.165) is 36.2 Å². The molecule has 0 amide bonds. The predicted octanol–water partition coefficient (Wildman–Crippen LogP) is 1.93. The van der Waals surface area contributed by atoms with Crippen molar-refractivity contribution >= 4 is 27.4 Å². The summed E-state index contributed by atoms with van der Waals surface area (Å²) >= 11 is 1.08. The second-order valence-electron chi connectivity index (χ2n) is 3.73. The van der Waals surface area contributed by atoms with Crippen LogP contribution in [0.3, 0.4) is 0 Å². The Labute approximate surface area is 108 Å². The summed E-state index contributed by atoms with van der Waals surface area (Å²) in [5, 5.41) is 0. The summed E-state index contributed by atoms with van der Waals surface area (Å²) in [4.78, 5) is 11.6. The minimum Gasteiger partial charge on any atom is -0.293 e. The van der Waals surface area contributed by atoms with Gasteiger partial charge in [-0.25, -0.2) is 17.2 Å². The first-order valence-electron chi connectivity index (χ1n) is 5.03. The Morgan fingerprint density at radius 1 is 1.33 bits per heavy atom. The van der Waals surface area contributed by atoms with Gasteiger partial charge in [0.15, 0.2) is 5.78 Å². The van der Waals surface area contributed by atoms with E-state index in [9.17, 15) is 22.0 Å². The van der Waals surface area contributed by atoms with E-state index >= 15 is 0 Å². The van der Waals surface area contributed by atoms with Crippen molar-refractivity contribution in [2.75, 3.05) is 23.5 Å². The van der Waals surface area contributed by atoms with E-state index in [0.29, 0.717) is 0 Å². The molecule has 0 aliphatic rings. The van der Waals surface area contributed by atoms with Gasteiger partial charge in [0.2, 0.25) is 0 Å². The maximum Gasteiger partial charge on any atom is 0.175 e. The van der Waals surface area contributed by atoms with Gasteiger partial charge in [-0.3, -0.25) is 4.79 Å². The normalized spacial score (nSPS) is 11.5. The largest absolute Gasteiger partial charge is 0.293 e. The molecule has 3 nitrogen and oxygen atoms in total. The van der Waals surface area contributed by atoms with Gasteiger partial charge in [-0.1, -0.05) is 0 Å². The molecule has 0 atom stereocenters. The number of carbonyl (C=O) groups is 1. The Balaban J connectivity index is 2.53. The molecule has 0 N–H and O–H groups in total. The molecule has 0 aromatic heterocycles. The molecule has 0 saturated carbocycles. The smallest absolute Gasteiger partial charge is 0.175 e. The van der Waals surface area contributed by atoms with Crippen LogP contribution in [0.4, 0.5) is 8.78 Å². The molecule has 0 spiro atoms. The third-order valence-corrected chi connectivity index (χ3v) is 4.22. The molecule has 0 heterocycles. The molecule has 0 saturated heterocycles. The highest BCUT2D eigenvalue weighted by Gasteiger charge is 2.13. The van der Waals surface area contributed by atoms with Gasteiger partial charge < -0.3 is 0 Å². The van der Waals surface area contributed by atoms with Crippen molar-refractivity contribution < 1.29 is 22.0 Å². The third kappa shape index (κ3) is 5.14. The van der Waals surface area contributed by atoms with Gasteiger partial charge in [-0.05, 0) is 18.2 Å². The van der Waals surface area contributed by atoms with E-state index in [4.69, 9.17) is 0 Å². The van der Waals surface area contributed by atoms with E-state index in [-0.39, 0.29) is 22.8 Å². The van der Waals surface area contributed by atoms with Gasteiger partial charge >= 0.3 is 0 Å². The summed E-state index contributed by atoms with van der Waals surface area (Å²) in [6.45, 7) is 0. The predicted molar refractivity (Wildman–Crippen MR) is 67.7 cm³/mol. The van der Waals surface area contributed by atoms with Crippen molar-refractivity contribution in [1.29, 1.82) is 0 Å². The number of Topliss-reactive ketones (excluding diaryl/α,β-unsaturated/α-hetero) is 1. The first kappa shape index (κ1) is 15.1. The zero-order chi connectivity index (χ0) is 13.8. The molecule has 0 radical (unpaired) electrons. The lowest BCUT2D eigenvalue weighted by Gasteiger charge is -2.03. The lowest BCUT2D eigenvalue weighted by Crippen LogP contribution is -2.10. The molecule has 100 valence electrons. The van der Waals surface area contributed by atoms with Crippen LogP contribution < -0.4 is 0 Å². The summed E-state index contributed by atoms with van der Waals surface area (Å²) in [6, 6.07) is 2.67. The number of thioether (sulfide) groups is 1. The summed E-state index contributed by atoms with van der Waals surface area (Å²) in [7, 11) is -3.07. The number of rotatable bonds is 6. The highest BCUT2D eigenvalue weighted by atomic mass is 32.2. The molecule has 1 aromatic rings. The maximum absolute atomic E-state index is 13.2. The van der Waals surface area contributed by atoms with Crippen LogP contribution in [-0.4, -0.2) is 37.7 Å². The van der Waals surface area contributed by atoms with Crippen molar-refractivity contribution in [3.63, 3.8) is 0 Å². The highest BCUT2D eigenvalue weighted by Crippen LogP contribution is 2.13. The molecule has 7 heteroatoms. The lowest BCUT2D eigenvalue weighted by molar-refractivity contribution is 0.101. The van der Waals surface area contributed by atoms with Crippen LogP contribution in [0.2, 0.25) is 0 Å². The van der Waals surface area contributed by atoms with Crippen molar-refractivity contribution in [2.24, 2.45) is 0 Å². The maximum atomic E-state index is 13.2. The standard InChI is InChI=1S/C11H12F2O3S2/c1-18(15,16)5-4-17-7-11(14)9-6-8(12)2-3-10(9)13/h2-3,6H,4-5,7H2,1H3. The molecular weight excluding hydrogens is 282 g/mol. The van der Waals surface area contributed by atoms with Crippen LogP contribution >= 0.6 is 11.8 Å². The summed E-state index contributed by atoms with van der Waals surface area (Å²) in [6.07, 6.45) is 1.10. The first-order valence-corrected chi connectivity index (χ1v) is 8.25. The van der Waals surface area contributed by atoms with Crippen LogP contribution in [0.1, 0.15) is 10.4 Å². The first-order chi connectivity index (χ1) is 8.29. The van der Waals surface area contributed by atoms with Gasteiger partial charge in [0.25, 0.3) is 0 Å². The summed E-state index contributed by atoms with van der Waals surface area (Å²) in [5.41, 5.74) is -0.304. The Hall–Kier alpha value is -0.950. The van der Waals surface area contributed by atoms with E-state index in [1.807, 2.05) is 0 Å². The molecule has 0 fully saturated rings. The monoisotopic (exact) mass is 294 g/mol. The number of benzene rings is 1. The molecule has 0 unspecified atom stereocenters. The van der Waals surface area contributed by atoms with Crippen LogP contribution in [0, 0.1) is 11.6 Å². The minimum absolute atomic E-state index is 0.0451. The van der Waals surface area contributed by atoms with Gasteiger partial charge in [0.05, 0.1) is 17.1 Å². The second-order valence-corrected chi connectivity index (χ2v) is 7.09. The molecule has 1 rings (SSSR count). The Morgan fingerprint density at radius 2 is 2.00 bits per heavy atom. The quantitative estimate of drug-likeness (QED) is 0.594. The Bertz CT molecular complexity index is 541. The average Bonchev–Trinajstić information content (AvgIpc) is 2.26. The molecule has 1 aromatic carbocycles. The third-order valence-electron chi connectivity index (χ3n) is 2.06. The van der Waals surface area contributed by atoms with Crippen molar-refractivity contribution in [3.8, 4) is 0 Å². The fraction of sp³-hybridized carbons (Fsp3) is 0.364. The number of sulfone groups is 1. The number of carbonyl (C=O) groups excluding carboxylic acids is 1. The van der Waals surface area contributed by atoms with Gasteiger partial charge in [-0.2, -0.15) is 11.8 Å². The van der Waals surface area contributed by atoms with Crippen LogP contribution in [0.25, 0.3) is 0 Å².